The maximum Gasteiger partial charge on any atom is 0.266 e. The van der Waals surface area contributed by atoms with Crippen molar-refractivity contribution >= 4 is 23.0 Å². The zero-order chi connectivity index (χ0) is 11.5. The highest BCUT2D eigenvalue weighted by Crippen LogP contribution is 2.21. The van der Waals surface area contributed by atoms with Crippen LogP contribution in [-0.4, -0.2) is 12.2 Å². The summed E-state index contributed by atoms with van der Waals surface area (Å²) in [4.78, 5) is 22.5. The highest BCUT2D eigenvalue weighted by Gasteiger charge is 2.13. The third-order valence-electron chi connectivity index (χ3n) is 2.45. The smallest absolute Gasteiger partial charge is 0.266 e. The summed E-state index contributed by atoms with van der Waals surface area (Å²) in [6.45, 7) is 0. The van der Waals surface area contributed by atoms with Crippen LogP contribution in [0, 0.1) is 0 Å². The van der Waals surface area contributed by atoms with Crippen LogP contribution in [0.2, 0.25) is 0 Å². The van der Waals surface area contributed by atoms with Gasteiger partial charge in [-0.25, -0.2) is 5.84 Å². The predicted molar refractivity (Wildman–Crippen MR) is 61.0 cm³/mol. The number of hydrogen-bond donors (Lipinski definition) is 2. The Morgan fingerprint density at radius 1 is 1.19 bits per heavy atom. The summed E-state index contributed by atoms with van der Waals surface area (Å²) >= 11 is 0. The van der Waals surface area contributed by atoms with Crippen molar-refractivity contribution in [2.45, 2.75) is 0 Å². The number of benzene rings is 2. The van der Waals surface area contributed by atoms with Crippen LogP contribution in [0.4, 0.5) is 0 Å². The SMILES string of the molecule is NNC(=O)c1c(C=O)ccc2ccccc12. The molecule has 0 bridgehead atoms. The van der Waals surface area contributed by atoms with Crippen LogP contribution >= 0.6 is 0 Å². The van der Waals surface area contributed by atoms with Crippen LogP contribution in [0.25, 0.3) is 10.8 Å². The minimum absolute atomic E-state index is 0.315. The summed E-state index contributed by atoms with van der Waals surface area (Å²) < 4.78 is 0. The molecule has 0 saturated heterocycles. The van der Waals surface area contributed by atoms with E-state index in [2.05, 4.69) is 5.43 Å². The van der Waals surface area contributed by atoms with Gasteiger partial charge in [-0.2, -0.15) is 0 Å². The topological polar surface area (TPSA) is 72.2 Å². The molecule has 0 aromatic heterocycles. The molecule has 3 N–H and O–H groups in total. The van der Waals surface area contributed by atoms with E-state index < -0.39 is 5.91 Å². The first kappa shape index (κ1) is 10.3. The Kier molecular flexibility index (Phi) is 2.66. The van der Waals surface area contributed by atoms with Crippen molar-refractivity contribution < 1.29 is 9.59 Å². The van der Waals surface area contributed by atoms with Crippen molar-refractivity contribution in [2.75, 3.05) is 0 Å². The molecule has 1 amide bonds. The average molecular weight is 214 g/mol. The number of hydrazine groups is 1. The van der Waals surface area contributed by atoms with Gasteiger partial charge in [-0.15, -0.1) is 0 Å². The van der Waals surface area contributed by atoms with Crippen LogP contribution in [0.5, 0.6) is 0 Å². The Morgan fingerprint density at radius 3 is 2.62 bits per heavy atom. The second-order valence-corrected chi connectivity index (χ2v) is 3.34. The molecule has 80 valence electrons. The Bertz CT molecular complexity index is 564. The van der Waals surface area contributed by atoms with E-state index in [-0.39, 0.29) is 0 Å². The lowest BCUT2D eigenvalue weighted by atomic mass is 9.99. The van der Waals surface area contributed by atoms with Gasteiger partial charge in [-0.05, 0) is 10.8 Å². The number of aldehydes is 1. The van der Waals surface area contributed by atoms with E-state index in [4.69, 9.17) is 5.84 Å². The van der Waals surface area contributed by atoms with E-state index in [1.807, 2.05) is 18.2 Å². The average Bonchev–Trinajstić information content (AvgIpc) is 2.36. The van der Waals surface area contributed by atoms with Crippen molar-refractivity contribution in [3.63, 3.8) is 0 Å². The standard InChI is InChI=1S/C12H10N2O2/c13-14-12(16)11-9(7-15)6-5-8-3-1-2-4-10(8)11/h1-7H,13H2,(H,14,16). The Hall–Kier alpha value is -2.20. The molecule has 4 heteroatoms. The first-order chi connectivity index (χ1) is 7.77. The maximum atomic E-state index is 11.6. The van der Waals surface area contributed by atoms with Gasteiger partial charge in [0.1, 0.15) is 0 Å². The molecule has 0 aliphatic rings. The first-order valence-electron chi connectivity index (χ1n) is 4.76. The lowest BCUT2D eigenvalue weighted by molar-refractivity contribution is 0.0950. The summed E-state index contributed by atoms with van der Waals surface area (Å²) in [5, 5.41) is 1.61. The summed E-state index contributed by atoms with van der Waals surface area (Å²) in [6, 6.07) is 10.7. The number of rotatable bonds is 2. The van der Waals surface area contributed by atoms with E-state index in [9.17, 15) is 9.59 Å². The normalized spacial score (nSPS) is 10.1. The number of amides is 1. The molecule has 0 atom stereocenters. The van der Waals surface area contributed by atoms with E-state index >= 15 is 0 Å². The Morgan fingerprint density at radius 2 is 1.94 bits per heavy atom. The van der Waals surface area contributed by atoms with E-state index in [0.29, 0.717) is 17.4 Å². The van der Waals surface area contributed by atoms with Crippen LogP contribution < -0.4 is 11.3 Å². The minimum atomic E-state index is -0.459. The van der Waals surface area contributed by atoms with Gasteiger partial charge < -0.3 is 0 Å². The van der Waals surface area contributed by atoms with Gasteiger partial charge in [0, 0.05) is 5.56 Å². The quantitative estimate of drug-likeness (QED) is 0.342. The molecule has 2 rings (SSSR count). The molecule has 0 spiro atoms. The fraction of sp³-hybridized carbons (Fsp3) is 0. The van der Waals surface area contributed by atoms with Gasteiger partial charge in [0.25, 0.3) is 5.91 Å². The Labute approximate surface area is 92.0 Å². The minimum Gasteiger partial charge on any atom is -0.298 e. The third kappa shape index (κ3) is 1.55. The maximum absolute atomic E-state index is 11.6. The summed E-state index contributed by atoms with van der Waals surface area (Å²) in [6.07, 6.45) is 0.650. The van der Waals surface area contributed by atoms with E-state index in [1.165, 1.54) is 0 Å². The van der Waals surface area contributed by atoms with Gasteiger partial charge in [-0.1, -0.05) is 36.4 Å². The molecule has 0 aliphatic heterocycles. The van der Waals surface area contributed by atoms with Gasteiger partial charge in [0.15, 0.2) is 6.29 Å². The molecule has 2 aromatic carbocycles. The molecule has 2 aromatic rings. The number of carbonyl (C=O) groups excluding carboxylic acids is 2. The summed E-state index contributed by atoms with van der Waals surface area (Å²) in [5.41, 5.74) is 2.70. The molecular weight excluding hydrogens is 204 g/mol. The molecule has 0 unspecified atom stereocenters. The van der Waals surface area contributed by atoms with Crippen molar-refractivity contribution in [3.05, 3.63) is 47.5 Å². The summed E-state index contributed by atoms with van der Waals surface area (Å²) in [5.74, 6) is 4.64. The fourth-order valence-corrected chi connectivity index (χ4v) is 1.71. The van der Waals surface area contributed by atoms with Crippen LogP contribution in [-0.2, 0) is 0 Å². The first-order valence-corrected chi connectivity index (χ1v) is 4.76. The largest absolute Gasteiger partial charge is 0.298 e. The number of nitrogens with two attached hydrogens (primary N) is 1. The second-order valence-electron chi connectivity index (χ2n) is 3.34. The lowest BCUT2D eigenvalue weighted by Crippen LogP contribution is -2.31. The molecule has 16 heavy (non-hydrogen) atoms. The molecule has 0 heterocycles. The Balaban J connectivity index is 2.83. The van der Waals surface area contributed by atoms with Crippen molar-refractivity contribution in [2.24, 2.45) is 5.84 Å². The molecule has 0 aliphatic carbocycles. The van der Waals surface area contributed by atoms with Gasteiger partial charge in [-0.3, -0.25) is 15.0 Å². The van der Waals surface area contributed by atoms with Crippen LogP contribution in [0.1, 0.15) is 20.7 Å². The molecule has 0 fully saturated rings. The number of carbonyl (C=O) groups is 2. The molecule has 4 nitrogen and oxygen atoms in total. The van der Waals surface area contributed by atoms with Gasteiger partial charge >= 0.3 is 0 Å². The lowest BCUT2D eigenvalue weighted by Gasteiger charge is -2.07. The highest BCUT2D eigenvalue weighted by molar-refractivity contribution is 6.12. The van der Waals surface area contributed by atoms with Crippen LogP contribution in [0.15, 0.2) is 36.4 Å². The predicted octanol–water partition coefficient (Wildman–Crippen LogP) is 1.26. The van der Waals surface area contributed by atoms with Gasteiger partial charge in [0.2, 0.25) is 0 Å². The molecule has 0 radical (unpaired) electrons. The number of fused-ring (bicyclic) bond motifs is 1. The highest BCUT2D eigenvalue weighted by atomic mass is 16.2. The van der Waals surface area contributed by atoms with E-state index in [0.717, 1.165) is 10.8 Å². The van der Waals surface area contributed by atoms with Crippen LogP contribution in [0.3, 0.4) is 0 Å². The van der Waals surface area contributed by atoms with Crippen molar-refractivity contribution in [3.8, 4) is 0 Å². The molecule has 0 saturated carbocycles. The summed E-state index contributed by atoms with van der Waals surface area (Å²) in [7, 11) is 0. The van der Waals surface area contributed by atoms with Crippen molar-refractivity contribution in [1.82, 2.24) is 5.43 Å². The monoisotopic (exact) mass is 214 g/mol. The number of hydrogen-bond acceptors (Lipinski definition) is 3. The fourth-order valence-electron chi connectivity index (χ4n) is 1.71. The second kappa shape index (κ2) is 4.12. The zero-order valence-corrected chi connectivity index (χ0v) is 8.44. The van der Waals surface area contributed by atoms with Gasteiger partial charge in [0.05, 0.1) is 5.56 Å². The zero-order valence-electron chi connectivity index (χ0n) is 8.44. The number of nitrogens with one attached hydrogen (secondary N) is 1. The van der Waals surface area contributed by atoms with Crippen molar-refractivity contribution in [1.29, 1.82) is 0 Å². The van der Waals surface area contributed by atoms with E-state index in [1.54, 1.807) is 18.2 Å². The molecular formula is C12H10N2O2. The third-order valence-corrected chi connectivity index (χ3v) is 2.45. The number of nitrogen functional groups attached to an aromatic ring is 1.